The first kappa shape index (κ1) is 49.6. The number of carbonyl (C=O) groups is 4. The number of cyclic esters (lactones) is 1. The fourth-order valence-corrected chi connectivity index (χ4v) is 7.28. The summed E-state index contributed by atoms with van der Waals surface area (Å²) >= 11 is 0. The summed E-state index contributed by atoms with van der Waals surface area (Å²) in [4.78, 5) is 65.6. The molecule has 62 heavy (non-hydrogen) atoms. The van der Waals surface area contributed by atoms with E-state index in [1.807, 2.05) is 19.9 Å². The fraction of sp³-hybridized carbons (Fsp3) is 0.578. The smallest absolute Gasteiger partial charge is 0.308 e. The lowest BCUT2D eigenvalue weighted by Gasteiger charge is -2.33. The van der Waals surface area contributed by atoms with Gasteiger partial charge in [-0.15, -0.1) is 0 Å². The van der Waals surface area contributed by atoms with E-state index in [1.54, 1.807) is 60.4 Å². The molecule has 1 aliphatic heterocycles. The van der Waals surface area contributed by atoms with Crippen molar-refractivity contribution in [2.75, 3.05) is 28.4 Å². The van der Waals surface area contributed by atoms with Crippen LogP contribution in [0.3, 0.4) is 0 Å². The second kappa shape index (κ2) is 24.0. The maximum Gasteiger partial charge on any atom is 0.308 e. The van der Waals surface area contributed by atoms with Gasteiger partial charge in [0.1, 0.15) is 42.5 Å². The molecule has 4 heterocycles. The van der Waals surface area contributed by atoms with Crippen molar-refractivity contribution in [3.05, 3.63) is 60.9 Å². The van der Waals surface area contributed by atoms with E-state index in [0.29, 0.717) is 36.3 Å². The standard InChI is InChI=1S/C45H62N4O13/c1-26(16-17-36(53)28(3)42(55)27(2)18-19-49(6)25-50)38(57-8)21-39-30(5)37(56-7)14-11-15-40-46-33(23-59-40)44-48-34(24-61-44)45-47-32(22-60-45)43(58-9)29(4)35(52)13-10-12-31(51)20-41(54)62-39/h10-11,13,15,18-19,22-31,37-39,42-43,51,55H,12,14,16-17,20-21H2,1-9H3/b13-10+,15-11+,19-18+. The number of ketones is 2. The lowest BCUT2D eigenvalue weighted by atomic mass is 9.84. The second-order valence-corrected chi connectivity index (χ2v) is 16.1. The van der Waals surface area contributed by atoms with Gasteiger partial charge < -0.3 is 47.3 Å². The topological polar surface area (TPSA) is 227 Å². The molecule has 6 bridgehead atoms. The van der Waals surface area contributed by atoms with Gasteiger partial charge in [0.25, 0.3) is 0 Å². The SMILES string of the molecule is COC(CC1OC(=O)CC(O)C/C=C/C(=O)C(C)C(OC)c2coc(n2)-c2coc(n2)-c2coc(n2)/C=C/CC(OC)C1C)C(C)CCC(=O)C(C)C(O)C(C)/C=C/N(C)C=O. The molecule has 3 aromatic rings. The Labute approximate surface area is 362 Å². The van der Waals surface area contributed by atoms with Crippen LogP contribution in [-0.2, 0) is 38.1 Å². The number of fused-ring (bicyclic) bond motifs is 8. The molecule has 11 unspecified atom stereocenters. The Kier molecular flexibility index (Phi) is 19.2. The Balaban J connectivity index is 1.54. The molecule has 0 aromatic carbocycles. The summed E-state index contributed by atoms with van der Waals surface area (Å²) in [6.07, 6.45) is 10.8. The van der Waals surface area contributed by atoms with Crippen LogP contribution < -0.4 is 0 Å². The van der Waals surface area contributed by atoms with Gasteiger partial charge in [0, 0.05) is 65.2 Å². The normalized spacial score (nSPS) is 25.4. The first-order chi connectivity index (χ1) is 29.6. The summed E-state index contributed by atoms with van der Waals surface area (Å²) < 4.78 is 40.6. The van der Waals surface area contributed by atoms with E-state index in [9.17, 15) is 29.4 Å². The predicted molar refractivity (Wildman–Crippen MR) is 225 cm³/mol. The zero-order valence-corrected chi connectivity index (χ0v) is 37.0. The number of hydrogen-bond acceptors (Lipinski definition) is 16. The zero-order chi connectivity index (χ0) is 45.5. The van der Waals surface area contributed by atoms with Crippen molar-refractivity contribution in [2.45, 2.75) is 110 Å². The van der Waals surface area contributed by atoms with E-state index in [-0.39, 0.29) is 72.7 Å². The maximum absolute atomic E-state index is 13.5. The summed E-state index contributed by atoms with van der Waals surface area (Å²) in [5.41, 5.74) is 0.995. The van der Waals surface area contributed by atoms with E-state index in [0.717, 1.165) is 0 Å². The number of methoxy groups -OCH3 is 3. The summed E-state index contributed by atoms with van der Waals surface area (Å²) in [7, 11) is 6.16. The number of ether oxygens (including phenoxy) is 4. The van der Waals surface area contributed by atoms with E-state index in [2.05, 4.69) is 15.0 Å². The molecule has 2 N–H and O–H groups in total. The van der Waals surface area contributed by atoms with E-state index in [4.69, 9.17) is 32.2 Å². The van der Waals surface area contributed by atoms with Gasteiger partial charge in [-0.1, -0.05) is 52.8 Å². The number of Topliss-reactive ketones (excluding diaryl/α,β-unsaturated/α-hetero) is 1. The molecule has 3 aromatic heterocycles. The molecule has 340 valence electrons. The molecule has 17 heteroatoms. The fourth-order valence-electron chi connectivity index (χ4n) is 7.28. The summed E-state index contributed by atoms with van der Waals surface area (Å²) in [6.45, 7) is 9.01. The highest BCUT2D eigenvalue weighted by Gasteiger charge is 2.34. The van der Waals surface area contributed by atoms with Gasteiger partial charge in [-0.3, -0.25) is 19.2 Å². The highest BCUT2D eigenvalue weighted by molar-refractivity contribution is 5.92. The monoisotopic (exact) mass is 866 g/mol. The van der Waals surface area contributed by atoms with E-state index in [1.165, 1.54) is 43.0 Å². The molecule has 17 nitrogen and oxygen atoms in total. The average Bonchev–Trinajstić information content (AvgIpc) is 4.06. The van der Waals surface area contributed by atoms with Crippen molar-refractivity contribution in [3.8, 4) is 23.2 Å². The average molecular weight is 867 g/mol. The number of nitrogens with zero attached hydrogens (tertiary/aromatic N) is 4. The van der Waals surface area contributed by atoms with Crippen LogP contribution in [0.25, 0.3) is 29.2 Å². The highest BCUT2D eigenvalue weighted by atomic mass is 16.6. The van der Waals surface area contributed by atoms with Crippen molar-refractivity contribution >= 4 is 30.0 Å². The highest BCUT2D eigenvalue weighted by Crippen LogP contribution is 2.31. The van der Waals surface area contributed by atoms with Gasteiger partial charge in [-0.2, -0.15) is 0 Å². The number of esters is 1. The van der Waals surface area contributed by atoms with Crippen molar-refractivity contribution < 1.29 is 61.6 Å². The third-order valence-electron chi connectivity index (χ3n) is 11.5. The number of aliphatic hydroxyl groups excluding tert-OH is 2. The van der Waals surface area contributed by atoms with Crippen molar-refractivity contribution in [1.82, 2.24) is 19.9 Å². The molecule has 0 saturated carbocycles. The van der Waals surface area contributed by atoms with Crippen LogP contribution in [0.4, 0.5) is 0 Å². The third kappa shape index (κ3) is 13.7. The van der Waals surface area contributed by atoms with Crippen molar-refractivity contribution in [1.29, 1.82) is 0 Å². The van der Waals surface area contributed by atoms with E-state index >= 15 is 0 Å². The first-order valence-electron chi connectivity index (χ1n) is 20.9. The minimum atomic E-state index is -1.15. The van der Waals surface area contributed by atoms with Gasteiger partial charge in [-0.05, 0) is 37.3 Å². The lowest BCUT2D eigenvalue weighted by Crippen LogP contribution is -2.39. The minimum absolute atomic E-state index is 0.00560. The Morgan fingerprint density at radius 1 is 0.952 bits per heavy atom. The molecule has 11 atom stereocenters. The predicted octanol–water partition coefficient (Wildman–Crippen LogP) is 6.18. The molecule has 0 spiro atoms. The summed E-state index contributed by atoms with van der Waals surface area (Å²) in [5, 5.41) is 21.7. The molecular formula is C45H62N4O13. The molecule has 0 radical (unpaired) electrons. The second-order valence-electron chi connectivity index (χ2n) is 16.1. The van der Waals surface area contributed by atoms with Crippen LogP contribution in [0.5, 0.6) is 0 Å². The van der Waals surface area contributed by atoms with Crippen LogP contribution >= 0.6 is 0 Å². The van der Waals surface area contributed by atoms with Gasteiger partial charge in [0.2, 0.25) is 24.1 Å². The zero-order valence-electron chi connectivity index (χ0n) is 37.0. The number of oxazole rings is 3. The number of hydrogen-bond donors (Lipinski definition) is 2. The minimum Gasteiger partial charge on any atom is -0.462 e. The lowest BCUT2D eigenvalue weighted by molar-refractivity contribution is -0.159. The van der Waals surface area contributed by atoms with Crippen LogP contribution in [0.1, 0.15) is 90.8 Å². The number of aliphatic hydroxyl groups is 2. The molecule has 0 aliphatic carbocycles. The first-order valence-corrected chi connectivity index (χ1v) is 20.9. The summed E-state index contributed by atoms with van der Waals surface area (Å²) in [5.74, 6) is -2.71. The molecule has 1 amide bonds. The molecule has 0 saturated heterocycles. The van der Waals surface area contributed by atoms with Crippen molar-refractivity contribution in [2.24, 2.45) is 29.6 Å². The maximum atomic E-state index is 13.5. The Morgan fingerprint density at radius 3 is 2.32 bits per heavy atom. The number of carbonyl (C=O) groups excluding carboxylic acids is 4. The van der Waals surface area contributed by atoms with Crippen LogP contribution in [-0.4, -0.2) is 113 Å². The Morgan fingerprint density at radius 2 is 1.63 bits per heavy atom. The number of rotatable bonds is 15. The Bertz CT molecular complexity index is 1980. The van der Waals surface area contributed by atoms with Gasteiger partial charge >= 0.3 is 5.97 Å². The van der Waals surface area contributed by atoms with E-state index < -0.39 is 54.4 Å². The number of allylic oxidation sites excluding steroid dienone is 1. The quantitative estimate of drug-likeness (QED) is 0.128. The Hall–Kier alpha value is -5.07. The van der Waals surface area contributed by atoms with Crippen LogP contribution in [0.2, 0.25) is 0 Å². The summed E-state index contributed by atoms with van der Waals surface area (Å²) in [6, 6.07) is 0. The van der Waals surface area contributed by atoms with Crippen LogP contribution in [0, 0.1) is 29.6 Å². The van der Waals surface area contributed by atoms with Gasteiger partial charge in [-0.25, -0.2) is 15.0 Å². The number of amides is 1. The van der Waals surface area contributed by atoms with Crippen LogP contribution in [0.15, 0.2) is 62.5 Å². The number of aromatic nitrogens is 3. The van der Waals surface area contributed by atoms with Crippen molar-refractivity contribution in [3.63, 3.8) is 0 Å². The third-order valence-corrected chi connectivity index (χ3v) is 11.5. The molecule has 0 fully saturated rings. The van der Waals surface area contributed by atoms with Gasteiger partial charge in [0.15, 0.2) is 17.2 Å². The molecule has 1 aliphatic rings. The molecular weight excluding hydrogens is 805 g/mol. The van der Waals surface area contributed by atoms with Gasteiger partial charge in [0.05, 0.1) is 36.8 Å². The largest absolute Gasteiger partial charge is 0.462 e. The molecule has 4 rings (SSSR count).